The molecular formula is C20H28N2O4S. The summed E-state index contributed by atoms with van der Waals surface area (Å²) < 4.78 is 33.5. The van der Waals surface area contributed by atoms with Crippen LogP contribution in [0.2, 0.25) is 0 Å². The Morgan fingerprint density at radius 2 is 1.67 bits per heavy atom. The van der Waals surface area contributed by atoms with E-state index in [0.717, 1.165) is 11.3 Å². The van der Waals surface area contributed by atoms with Crippen LogP contribution in [0.3, 0.4) is 0 Å². The van der Waals surface area contributed by atoms with Crippen molar-refractivity contribution in [1.29, 1.82) is 0 Å². The lowest BCUT2D eigenvalue weighted by molar-refractivity contribution is -0.123. The Balaban J connectivity index is 2.16. The number of benzene rings is 1. The number of hydrogen-bond donors (Lipinski definition) is 2. The molecule has 1 aromatic carbocycles. The van der Waals surface area contributed by atoms with Crippen molar-refractivity contribution in [2.75, 3.05) is 0 Å². The van der Waals surface area contributed by atoms with E-state index < -0.39 is 16.1 Å². The molecule has 1 amide bonds. The molecule has 0 aliphatic heterocycles. The van der Waals surface area contributed by atoms with Gasteiger partial charge in [-0.25, -0.2) is 8.42 Å². The van der Waals surface area contributed by atoms with Gasteiger partial charge in [0.15, 0.2) is 0 Å². The van der Waals surface area contributed by atoms with E-state index in [0.29, 0.717) is 12.2 Å². The Kier molecular flexibility index (Phi) is 6.84. The van der Waals surface area contributed by atoms with E-state index in [4.69, 9.17) is 4.42 Å². The summed E-state index contributed by atoms with van der Waals surface area (Å²) in [6.07, 6.45) is 0.390. The minimum Gasteiger partial charge on any atom is -0.464 e. The van der Waals surface area contributed by atoms with Crippen molar-refractivity contribution in [3.63, 3.8) is 0 Å². The number of carbonyl (C=O) groups excluding carboxylic acids is 1. The van der Waals surface area contributed by atoms with Gasteiger partial charge in [-0.15, -0.1) is 0 Å². The SMILES string of the molecule is Cc1ccc(S(=O)(=O)NC(CC(C)C)C(=O)NC(C)c2ccc(C)o2)cc1. The maximum atomic E-state index is 12.8. The number of hydrogen-bond acceptors (Lipinski definition) is 4. The summed E-state index contributed by atoms with van der Waals surface area (Å²) >= 11 is 0. The Hall–Kier alpha value is -2.12. The minimum atomic E-state index is -3.80. The molecule has 0 bridgehead atoms. The van der Waals surface area contributed by atoms with Crippen molar-refractivity contribution >= 4 is 15.9 Å². The van der Waals surface area contributed by atoms with Gasteiger partial charge >= 0.3 is 0 Å². The van der Waals surface area contributed by atoms with Gasteiger partial charge in [0.25, 0.3) is 0 Å². The third-order valence-electron chi connectivity index (χ3n) is 4.20. The zero-order valence-electron chi connectivity index (χ0n) is 16.4. The first kappa shape index (κ1) is 21.2. The van der Waals surface area contributed by atoms with Crippen molar-refractivity contribution in [2.24, 2.45) is 5.92 Å². The third kappa shape index (κ3) is 5.94. The lowest BCUT2D eigenvalue weighted by Crippen LogP contribution is -2.47. The quantitative estimate of drug-likeness (QED) is 0.720. The maximum absolute atomic E-state index is 12.8. The van der Waals surface area contributed by atoms with Crippen molar-refractivity contribution in [3.05, 3.63) is 53.5 Å². The highest BCUT2D eigenvalue weighted by Gasteiger charge is 2.28. The van der Waals surface area contributed by atoms with Crippen molar-refractivity contribution in [3.8, 4) is 0 Å². The summed E-state index contributed by atoms with van der Waals surface area (Å²) in [4.78, 5) is 12.9. The van der Waals surface area contributed by atoms with Crippen LogP contribution < -0.4 is 10.0 Å². The summed E-state index contributed by atoms with van der Waals surface area (Å²) in [5.74, 6) is 1.15. The van der Waals surface area contributed by atoms with Crippen LogP contribution in [0.25, 0.3) is 0 Å². The van der Waals surface area contributed by atoms with Gasteiger partial charge in [0.1, 0.15) is 17.6 Å². The fourth-order valence-electron chi connectivity index (χ4n) is 2.72. The Morgan fingerprint density at radius 3 is 2.19 bits per heavy atom. The molecule has 0 aliphatic rings. The van der Waals surface area contributed by atoms with Crippen molar-refractivity contribution < 1.29 is 17.6 Å². The summed E-state index contributed by atoms with van der Waals surface area (Å²) in [5, 5.41) is 2.84. The standard InChI is InChI=1S/C20H28N2O4S/c1-13(2)12-18(20(23)21-16(5)19-11-8-15(4)26-19)22-27(24,25)17-9-6-14(3)7-10-17/h6-11,13,16,18,22H,12H2,1-5H3,(H,21,23). The molecule has 0 aliphatic carbocycles. The summed E-state index contributed by atoms with van der Waals surface area (Å²) in [7, 11) is -3.80. The number of furan rings is 1. The second kappa shape index (κ2) is 8.71. The second-order valence-electron chi connectivity index (χ2n) is 7.30. The molecule has 2 atom stereocenters. The number of amides is 1. The second-order valence-corrected chi connectivity index (χ2v) is 9.01. The highest BCUT2D eigenvalue weighted by Crippen LogP contribution is 2.17. The molecule has 0 radical (unpaired) electrons. The third-order valence-corrected chi connectivity index (χ3v) is 5.69. The highest BCUT2D eigenvalue weighted by atomic mass is 32.2. The van der Waals surface area contributed by atoms with Crippen LogP contribution in [0.1, 0.15) is 50.3 Å². The lowest BCUT2D eigenvalue weighted by Gasteiger charge is -2.22. The summed E-state index contributed by atoms with van der Waals surface area (Å²) in [5.41, 5.74) is 0.966. The lowest BCUT2D eigenvalue weighted by atomic mass is 10.0. The first-order valence-corrected chi connectivity index (χ1v) is 10.5. The van der Waals surface area contributed by atoms with E-state index in [2.05, 4.69) is 10.0 Å². The van der Waals surface area contributed by atoms with Crippen LogP contribution in [0.5, 0.6) is 0 Å². The molecule has 2 N–H and O–H groups in total. The molecule has 1 heterocycles. The van der Waals surface area contributed by atoms with Crippen molar-refractivity contribution in [2.45, 2.75) is 58.0 Å². The number of carbonyl (C=O) groups is 1. The number of nitrogens with one attached hydrogen (secondary N) is 2. The van der Waals surface area contributed by atoms with Crippen LogP contribution in [-0.2, 0) is 14.8 Å². The molecule has 2 aromatic rings. The van der Waals surface area contributed by atoms with Gasteiger partial charge in [-0.2, -0.15) is 4.72 Å². The van der Waals surface area contributed by atoms with E-state index in [1.165, 1.54) is 12.1 Å². The van der Waals surface area contributed by atoms with Crippen LogP contribution in [0.4, 0.5) is 0 Å². The minimum absolute atomic E-state index is 0.141. The predicted octanol–water partition coefficient (Wildman–Crippen LogP) is 3.47. The fraction of sp³-hybridized carbons (Fsp3) is 0.450. The normalized spacial score (nSPS) is 14.1. The smallest absolute Gasteiger partial charge is 0.241 e. The van der Waals surface area contributed by atoms with Crippen LogP contribution >= 0.6 is 0 Å². The number of rotatable bonds is 8. The van der Waals surface area contributed by atoms with Gasteiger partial charge in [0, 0.05) is 0 Å². The van der Waals surface area contributed by atoms with Gasteiger partial charge in [-0.05, 0) is 57.4 Å². The molecule has 2 rings (SSSR count). The van der Waals surface area contributed by atoms with E-state index in [1.54, 1.807) is 25.1 Å². The zero-order valence-corrected chi connectivity index (χ0v) is 17.3. The van der Waals surface area contributed by atoms with E-state index in [9.17, 15) is 13.2 Å². The maximum Gasteiger partial charge on any atom is 0.241 e. The fourth-order valence-corrected chi connectivity index (χ4v) is 3.93. The summed E-state index contributed by atoms with van der Waals surface area (Å²) in [6.45, 7) is 9.41. The Morgan fingerprint density at radius 1 is 1.04 bits per heavy atom. The number of sulfonamides is 1. The van der Waals surface area contributed by atoms with Crippen molar-refractivity contribution in [1.82, 2.24) is 10.0 Å². The molecule has 0 saturated heterocycles. The number of aryl methyl sites for hydroxylation is 2. The molecular weight excluding hydrogens is 364 g/mol. The van der Waals surface area contributed by atoms with Gasteiger partial charge in [0.2, 0.25) is 15.9 Å². The molecule has 27 heavy (non-hydrogen) atoms. The van der Waals surface area contributed by atoms with E-state index in [1.807, 2.05) is 33.8 Å². The van der Waals surface area contributed by atoms with E-state index in [-0.39, 0.29) is 22.8 Å². The van der Waals surface area contributed by atoms with Gasteiger partial charge in [-0.1, -0.05) is 31.5 Å². The molecule has 148 valence electrons. The van der Waals surface area contributed by atoms with Crippen LogP contribution in [0, 0.1) is 19.8 Å². The largest absolute Gasteiger partial charge is 0.464 e. The average molecular weight is 393 g/mol. The molecule has 1 aromatic heterocycles. The molecule has 2 unspecified atom stereocenters. The molecule has 6 nitrogen and oxygen atoms in total. The first-order valence-electron chi connectivity index (χ1n) is 9.04. The molecule has 0 saturated carbocycles. The van der Waals surface area contributed by atoms with Crippen LogP contribution in [-0.4, -0.2) is 20.4 Å². The predicted molar refractivity (Wildman–Crippen MR) is 105 cm³/mol. The first-order chi connectivity index (χ1) is 12.6. The average Bonchev–Trinajstić information content (AvgIpc) is 3.00. The molecule has 7 heteroatoms. The highest BCUT2D eigenvalue weighted by molar-refractivity contribution is 7.89. The molecule has 0 spiro atoms. The topological polar surface area (TPSA) is 88.4 Å². The van der Waals surface area contributed by atoms with E-state index >= 15 is 0 Å². The molecule has 0 fully saturated rings. The van der Waals surface area contributed by atoms with Gasteiger partial charge in [-0.3, -0.25) is 4.79 Å². The van der Waals surface area contributed by atoms with Crippen LogP contribution in [0.15, 0.2) is 45.7 Å². The Labute approximate surface area is 161 Å². The summed E-state index contributed by atoms with van der Waals surface area (Å²) in [6, 6.07) is 8.94. The van der Waals surface area contributed by atoms with Gasteiger partial charge in [0.05, 0.1) is 10.9 Å². The van der Waals surface area contributed by atoms with Gasteiger partial charge < -0.3 is 9.73 Å². The Bertz CT molecular complexity index is 870. The monoisotopic (exact) mass is 392 g/mol. The zero-order chi connectivity index (χ0) is 20.2.